The molecule has 9 heteroatoms. The average molecular weight is 815 g/mol. The quantitative estimate of drug-likeness (QED) is 0.112. The molecule has 0 atom stereocenters. The van der Waals surface area contributed by atoms with Gasteiger partial charge in [0, 0.05) is 70.2 Å². The molecule has 4 N–H and O–H groups in total. The van der Waals surface area contributed by atoms with Gasteiger partial charge in [-0.15, -0.1) is 0 Å². The molecule has 8 nitrogen and oxygen atoms in total. The molecule has 0 saturated carbocycles. The minimum Gasteiger partial charge on any atom is -0.506 e. The van der Waals surface area contributed by atoms with Crippen LogP contribution in [0, 0.1) is 27.7 Å². The molecular formula is C40H36HfN4O4. The number of pyridine rings is 4. The number of aromatic nitrogens is 4. The molecule has 4 aromatic heterocycles. The van der Waals surface area contributed by atoms with Crippen molar-refractivity contribution in [2.45, 2.75) is 27.7 Å². The van der Waals surface area contributed by atoms with E-state index in [9.17, 15) is 20.4 Å². The third-order valence-electron chi connectivity index (χ3n) is 7.35. The number of fused-ring (bicyclic) bond motifs is 4. The number of aryl methyl sites for hydroxylation is 4. The Morgan fingerprint density at radius 2 is 0.510 bits per heavy atom. The van der Waals surface area contributed by atoms with Gasteiger partial charge in [0.05, 0.1) is 0 Å². The molecule has 0 aliphatic heterocycles. The van der Waals surface area contributed by atoms with Crippen LogP contribution >= 0.6 is 0 Å². The predicted octanol–water partition coefficient (Wildman–Crippen LogP) is 8.99. The smallest absolute Gasteiger partial charge is 0.141 e. The van der Waals surface area contributed by atoms with Gasteiger partial charge in [-0.25, -0.2) is 19.9 Å². The van der Waals surface area contributed by atoms with Crippen molar-refractivity contribution in [1.29, 1.82) is 0 Å². The van der Waals surface area contributed by atoms with Crippen LogP contribution in [0.3, 0.4) is 0 Å². The van der Waals surface area contributed by atoms with Crippen LogP contribution in [0.2, 0.25) is 0 Å². The van der Waals surface area contributed by atoms with E-state index in [1.54, 1.807) is 24.3 Å². The molecule has 244 valence electrons. The van der Waals surface area contributed by atoms with E-state index in [0.717, 1.165) is 44.3 Å². The third kappa shape index (κ3) is 9.36. The van der Waals surface area contributed by atoms with Gasteiger partial charge in [-0.2, -0.15) is 0 Å². The summed E-state index contributed by atoms with van der Waals surface area (Å²) in [5.74, 6) is 0.986. The fraction of sp³-hybridized carbons (Fsp3) is 0.100. The maximum absolute atomic E-state index is 9.43. The maximum Gasteiger partial charge on any atom is 0.141 e. The maximum atomic E-state index is 9.43. The summed E-state index contributed by atoms with van der Waals surface area (Å²) in [4.78, 5) is 16.9. The second-order valence-corrected chi connectivity index (χ2v) is 11.2. The number of phenolic OH excluding ortho intramolecular Hbond substituents is 4. The number of hydrogen-bond acceptors (Lipinski definition) is 8. The van der Waals surface area contributed by atoms with Crippen LogP contribution in [-0.2, 0) is 25.8 Å². The van der Waals surface area contributed by atoms with E-state index >= 15 is 0 Å². The van der Waals surface area contributed by atoms with Crippen molar-refractivity contribution in [3.8, 4) is 23.0 Å². The summed E-state index contributed by atoms with van der Waals surface area (Å²) in [5.41, 5.74) is 6.39. The predicted molar refractivity (Wildman–Crippen MR) is 193 cm³/mol. The minimum absolute atomic E-state index is 0. The summed E-state index contributed by atoms with van der Waals surface area (Å²) in [7, 11) is 0. The van der Waals surface area contributed by atoms with E-state index in [1.165, 1.54) is 0 Å². The Hall–Kier alpha value is -5.41. The molecule has 0 saturated heterocycles. The first kappa shape index (κ1) is 36.4. The Morgan fingerprint density at radius 3 is 0.714 bits per heavy atom. The molecular weight excluding hydrogens is 779 g/mol. The van der Waals surface area contributed by atoms with Crippen LogP contribution in [0.5, 0.6) is 23.0 Å². The van der Waals surface area contributed by atoms with Gasteiger partial charge in [0.1, 0.15) is 45.1 Å². The summed E-state index contributed by atoms with van der Waals surface area (Å²) in [6, 6.07) is 37.1. The van der Waals surface area contributed by atoms with E-state index in [2.05, 4.69) is 19.9 Å². The van der Waals surface area contributed by atoms with Gasteiger partial charge >= 0.3 is 0 Å². The van der Waals surface area contributed by atoms with Crippen molar-refractivity contribution >= 4 is 43.6 Å². The minimum atomic E-state index is 0. The Kier molecular flexibility index (Phi) is 12.4. The van der Waals surface area contributed by atoms with Crippen molar-refractivity contribution in [3.05, 3.63) is 144 Å². The van der Waals surface area contributed by atoms with Gasteiger partial charge in [0.25, 0.3) is 0 Å². The number of hydrogen-bond donors (Lipinski definition) is 4. The van der Waals surface area contributed by atoms with Gasteiger partial charge in [0.2, 0.25) is 0 Å². The van der Waals surface area contributed by atoms with E-state index < -0.39 is 0 Å². The molecule has 0 aliphatic rings. The van der Waals surface area contributed by atoms with Crippen LogP contribution in [-0.4, -0.2) is 40.4 Å². The summed E-state index contributed by atoms with van der Waals surface area (Å²) in [6.07, 6.45) is 0. The molecule has 0 aliphatic carbocycles. The number of rotatable bonds is 0. The normalized spacial score (nSPS) is 10.2. The van der Waals surface area contributed by atoms with Crippen LogP contribution in [0.4, 0.5) is 0 Å². The summed E-state index contributed by atoms with van der Waals surface area (Å²) in [6.45, 7) is 7.63. The first-order valence-electron chi connectivity index (χ1n) is 15.3. The SMILES string of the molecule is Cc1ccc2cccc(O)c2n1.Cc1ccc2cccc(O)c2n1.Cc1ccc2cccc(O)c2n1.Cc1ccc2cccc(O)c2n1.[Hf]. The Bertz CT molecular complexity index is 2030. The molecule has 4 heterocycles. The van der Waals surface area contributed by atoms with E-state index in [-0.39, 0.29) is 48.8 Å². The van der Waals surface area contributed by atoms with E-state index in [0.29, 0.717) is 22.1 Å². The zero-order valence-corrected chi connectivity index (χ0v) is 31.2. The van der Waals surface area contributed by atoms with E-state index in [4.69, 9.17) is 0 Å². The van der Waals surface area contributed by atoms with Crippen LogP contribution in [0.1, 0.15) is 22.8 Å². The average Bonchev–Trinajstić information content (AvgIpc) is 3.07. The molecule has 8 rings (SSSR count). The molecule has 0 spiro atoms. The largest absolute Gasteiger partial charge is 0.506 e. The first-order chi connectivity index (χ1) is 23.1. The zero-order valence-electron chi connectivity index (χ0n) is 27.6. The first-order valence-corrected chi connectivity index (χ1v) is 15.3. The van der Waals surface area contributed by atoms with Gasteiger partial charge in [0.15, 0.2) is 0 Å². The summed E-state index contributed by atoms with van der Waals surface area (Å²) in [5, 5.41) is 41.6. The number of phenols is 4. The number of aromatic hydroxyl groups is 4. The zero-order chi connectivity index (χ0) is 34.2. The number of nitrogens with zero attached hydrogens (tertiary/aromatic N) is 4. The molecule has 4 aromatic carbocycles. The molecule has 49 heavy (non-hydrogen) atoms. The fourth-order valence-electron chi connectivity index (χ4n) is 4.92. The number of para-hydroxylation sites is 4. The molecule has 0 fully saturated rings. The topological polar surface area (TPSA) is 132 Å². The second kappa shape index (κ2) is 16.6. The van der Waals surface area contributed by atoms with Gasteiger partial charge in [-0.05, 0) is 76.2 Å². The van der Waals surface area contributed by atoms with Gasteiger partial charge in [-0.3, -0.25) is 0 Å². The monoisotopic (exact) mass is 816 g/mol. The molecule has 0 bridgehead atoms. The van der Waals surface area contributed by atoms with Crippen LogP contribution in [0.15, 0.2) is 121 Å². The summed E-state index contributed by atoms with van der Waals surface area (Å²) < 4.78 is 0. The Morgan fingerprint density at radius 1 is 0.306 bits per heavy atom. The van der Waals surface area contributed by atoms with Gasteiger partial charge < -0.3 is 20.4 Å². The molecule has 8 aromatic rings. The van der Waals surface area contributed by atoms with Crippen LogP contribution in [0.25, 0.3) is 43.6 Å². The molecule has 0 radical (unpaired) electrons. The molecule has 0 amide bonds. The summed E-state index contributed by atoms with van der Waals surface area (Å²) >= 11 is 0. The van der Waals surface area contributed by atoms with E-state index in [1.807, 2.05) is 125 Å². The van der Waals surface area contributed by atoms with Crippen molar-refractivity contribution < 1.29 is 46.3 Å². The Balaban J connectivity index is 0.000000146. The molecule has 0 unspecified atom stereocenters. The van der Waals surface area contributed by atoms with Crippen molar-refractivity contribution in [3.63, 3.8) is 0 Å². The second-order valence-electron chi connectivity index (χ2n) is 11.2. The number of benzene rings is 4. The van der Waals surface area contributed by atoms with Crippen molar-refractivity contribution in [2.24, 2.45) is 0 Å². The van der Waals surface area contributed by atoms with Crippen molar-refractivity contribution in [1.82, 2.24) is 19.9 Å². The standard InChI is InChI=1S/4C10H9NO.Hf/c4*1-7-5-6-8-3-2-4-9(12)10(8)11-7;/h4*2-6,12H,1H3;. The fourth-order valence-corrected chi connectivity index (χ4v) is 4.92. The third-order valence-corrected chi connectivity index (χ3v) is 7.35. The van der Waals surface area contributed by atoms with Gasteiger partial charge in [-0.1, -0.05) is 72.8 Å². The Labute approximate surface area is 303 Å². The van der Waals surface area contributed by atoms with Crippen molar-refractivity contribution in [2.75, 3.05) is 0 Å². The van der Waals surface area contributed by atoms with Crippen LogP contribution < -0.4 is 0 Å².